The predicted molar refractivity (Wildman–Crippen MR) is 93.3 cm³/mol. The standard InChI is InChI=1S/C20H28O3/c1-15(8-6-9-16(2)14-17(21)22)10-13-20-18(3,4)11-7-12-19(20,5)23-20/h6,8-10,13-14H,7,11-12H2,1-5H3,(H,21,22)/b9-6+,13-10+,15-8+,16-14-. The highest BCUT2D eigenvalue weighted by atomic mass is 16.6. The van der Waals surface area contributed by atoms with Gasteiger partial charge in [-0.2, -0.15) is 0 Å². The number of carboxylic acids is 1. The van der Waals surface area contributed by atoms with Crippen LogP contribution >= 0.6 is 0 Å². The quantitative estimate of drug-likeness (QED) is 0.450. The minimum absolute atomic E-state index is 0.0117. The molecule has 1 saturated carbocycles. The molecule has 3 nitrogen and oxygen atoms in total. The molecule has 2 rings (SSSR count). The number of fused-ring (bicyclic) bond motifs is 1. The molecule has 0 bridgehead atoms. The molecule has 0 aromatic rings. The number of hydrogen-bond acceptors (Lipinski definition) is 2. The Hall–Kier alpha value is -1.61. The van der Waals surface area contributed by atoms with Gasteiger partial charge in [0.05, 0.1) is 5.60 Å². The van der Waals surface area contributed by atoms with E-state index in [4.69, 9.17) is 9.84 Å². The SMILES string of the molecule is CC(=C/C(=O)O)/C=C/C=C(C)/C=C/C12OC1(C)CCCC2(C)C. The zero-order valence-electron chi connectivity index (χ0n) is 14.8. The average molecular weight is 316 g/mol. The molecule has 1 aliphatic carbocycles. The lowest BCUT2D eigenvalue weighted by Crippen LogP contribution is -2.41. The van der Waals surface area contributed by atoms with E-state index in [9.17, 15) is 4.79 Å². The van der Waals surface area contributed by atoms with Gasteiger partial charge in [0, 0.05) is 11.5 Å². The molecule has 1 saturated heterocycles. The maximum atomic E-state index is 10.6. The van der Waals surface area contributed by atoms with Gasteiger partial charge in [-0.15, -0.1) is 0 Å². The van der Waals surface area contributed by atoms with E-state index >= 15 is 0 Å². The Morgan fingerprint density at radius 1 is 1.09 bits per heavy atom. The lowest BCUT2D eigenvalue weighted by molar-refractivity contribution is -0.131. The van der Waals surface area contributed by atoms with Crippen LogP contribution in [0.25, 0.3) is 0 Å². The normalized spacial score (nSPS) is 34.0. The molecule has 0 amide bonds. The Labute approximate surface area is 139 Å². The fraction of sp³-hybridized carbons (Fsp3) is 0.550. The topological polar surface area (TPSA) is 49.8 Å². The van der Waals surface area contributed by atoms with Crippen molar-refractivity contribution < 1.29 is 14.6 Å². The van der Waals surface area contributed by atoms with E-state index in [-0.39, 0.29) is 16.6 Å². The maximum absolute atomic E-state index is 10.6. The van der Waals surface area contributed by atoms with Crippen molar-refractivity contribution in [2.24, 2.45) is 5.41 Å². The first-order chi connectivity index (χ1) is 10.6. The first-order valence-electron chi connectivity index (χ1n) is 8.28. The number of allylic oxidation sites excluding steroid dienone is 6. The molecule has 126 valence electrons. The minimum atomic E-state index is -0.920. The van der Waals surface area contributed by atoms with Gasteiger partial charge in [-0.05, 0) is 51.7 Å². The Morgan fingerprint density at radius 2 is 1.78 bits per heavy atom. The highest BCUT2D eigenvalue weighted by molar-refractivity contribution is 5.81. The predicted octanol–water partition coefficient (Wildman–Crippen LogP) is 4.81. The maximum Gasteiger partial charge on any atom is 0.328 e. The summed E-state index contributed by atoms with van der Waals surface area (Å²) in [6.45, 7) is 10.6. The molecule has 1 N–H and O–H groups in total. The van der Waals surface area contributed by atoms with Gasteiger partial charge in [0.25, 0.3) is 0 Å². The summed E-state index contributed by atoms with van der Waals surface area (Å²) in [4.78, 5) is 10.6. The smallest absolute Gasteiger partial charge is 0.328 e. The second-order valence-corrected chi connectivity index (χ2v) is 7.64. The number of hydrogen-bond donors (Lipinski definition) is 1. The molecule has 1 aliphatic heterocycles. The number of epoxide rings is 1. The van der Waals surface area contributed by atoms with E-state index in [1.165, 1.54) is 18.9 Å². The summed E-state index contributed by atoms with van der Waals surface area (Å²) in [5.41, 5.74) is 1.85. The van der Waals surface area contributed by atoms with Crippen LogP contribution in [0.5, 0.6) is 0 Å². The van der Waals surface area contributed by atoms with Gasteiger partial charge in [-0.1, -0.05) is 43.7 Å². The van der Waals surface area contributed by atoms with Crippen LogP contribution in [0.3, 0.4) is 0 Å². The fourth-order valence-corrected chi connectivity index (χ4v) is 3.81. The lowest BCUT2D eigenvalue weighted by atomic mass is 9.64. The van der Waals surface area contributed by atoms with Gasteiger partial charge < -0.3 is 9.84 Å². The van der Waals surface area contributed by atoms with Gasteiger partial charge in [-0.3, -0.25) is 0 Å². The number of carboxylic acid groups (broad SMARTS) is 1. The largest absolute Gasteiger partial charge is 0.478 e. The van der Waals surface area contributed by atoms with Crippen LogP contribution in [0.4, 0.5) is 0 Å². The van der Waals surface area contributed by atoms with E-state index in [2.05, 4.69) is 32.9 Å². The van der Waals surface area contributed by atoms with Gasteiger partial charge >= 0.3 is 5.97 Å². The zero-order chi connectivity index (χ0) is 17.3. The molecule has 1 heterocycles. The summed E-state index contributed by atoms with van der Waals surface area (Å²) < 4.78 is 6.20. The highest BCUT2D eigenvalue weighted by Gasteiger charge is 2.73. The minimum Gasteiger partial charge on any atom is -0.478 e. The van der Waals surface area contributed by atoms with Crippen LogP contribution in [-0.4, -0.2) is 22.3 Å². The van der Waals surface area contributed by atoms with Crippen LogP contribution in [0.1, 0.15) is 53.9 Å². The summed E-state index contributed by atoms with van der Waals surface area (Å²) in [6, 6.07) is 0. The van der Waals surface area contributed by atoms with Crippen LogP contribution in [0.2, 0.25) is 0 Å². The van der Waals surface area contributed by atoms with Crippen molar-refractivity contribution in [2.45, 2.75) is 65.1 Å². The average Bonchev–Trinajstić information content (AvgIpc) is 3.03. The van der Waals surface area contributed by atoms with Gasteiger partial charge in [0.1, 0.15) is 5.60 Å². The molecule has 2 fully saturated rings. The first-order valence-corrected chi connectivity index (χ1v) is 8.28. The van der Waals surface area contributed by atoms with Crippen molar-refractivity contribution in [2.75, 3.05) is 0 Å². The van der Waals surface area contributed by atoms with E-state index in [0.29, 0.717) is 0 Å². The molecule has 2 atom stereocenters. The molecular weight excluding hydrogens is 288 g/mol. The molecule has 0 aromatic carbocycles. The van der Waals surface area contributed by atoms with Crippen molar-refractivity contribution in [1.29, 1.82) is 0 Å². The third-order valence-electron chi connectivity index (χ3n) is 5.24. The molecule has 3 heteroatoms. The molecule has 0 radical (unpaired) electrons. The first kappa shape index (κ1) is 17.7. The van der Waals surface area contributed by atoms with Gasteiger partial charge in [0.2, 0.25) is 0 Å². The Bertz CT molecular complexity index is 606. The van der Waals surface area contributed by atoms with E-state index < -0.39 is 5.97 Å². The Morgan fingerprint density at radius 3 is 2.39 bits per heavy atom. The van der Waals surface area contributed by atoms with E-state index in [0.717, 1.165) is 17.6 Å². The van der Waals surface area contributed by atoms with Crippen molar-refractivity contribution in [3.8, 4) is 0 Å². The van der Waals surface area contributed by atoms with E-state index in [1.54, 1.807) is 13.0 Å². The highest BCUT2D eigenvalue weighted by Crippen LogP contribution is 2.66. The molecule has 2 unspecified atom stereocenters. The summed E-state index contributed by atoms with van der Waals surface area (Å²) in [6.07, 6.45) is 14.8. The van der Waals surface area contributed by atoms with Crippen molar-refractivity contribution in [1.82, 2.24) is 0 Å². The lowest BCUT2D eigenvalue weighted by Gasteiger charge is -2.36. The van der Waals surface area contributed by atoms with Crippen LogP contribution in [0, 0.1) is 5.41 Å². The Balaban J connectivity index is 2.07. The summed E-state index contributed by atoms with van der Waals surface area (Å²) in [5, 5.41) is 8.68. The summed E-state index contributed by atoms with van der Waals surface area (Å²) >= 11 is 0. The number of ether oxygens (including phenoxy) is 1. The Kier molecular flexibility index (Phi) is 4.72. The van der Waals surface area contributed by atoms with Gasteiger partial charge in [0.15, 0.2) is 0 Å². The second kappa shape index (κ2) is 6.12. The number of carbonyl (C=O) groups is 1. The fourth-order valence-electron chi connectivity index (χ4n) is 3.81. The summed E-state index contributed by atoms with van der Waals surface area (Å²) in [7, 11) is 0. The molecule has 23 heavy (non-hydrogen) atoms. The van der Waals surface area contributed by atoms with Crippen molar-refractivity contribution in [3.63, 3.8) is 0 Å². The van der Waals surface area contributed by atoms with E-state index in [1.807, 2.05) is 19.1 Å². The molecular formula is C20H28O3. The number of rotatable bonds is 5. The zero-order valence-corrected chi connectivity index (χ0v) is 14.8. The molecule has 0 aromatic heterocycles. The molecule has 2 aliphatic rings. The monoisotopic (exact) mass is 316 g/mol. The van der Waals surface area contributed by atoms with Crippen molar-refractivity contribution in [3.05, 3.63) is 47.6 Å². The van der Waals surface area contributed by atoms with Crippen molar-refractivity contribution >= 4 is 5.97 Å². The number of aliphatic carboxylic acids is 1. The van der Waals surface area contributed by atoms with Gasteiger partial charge in [-0.25, -0.2) is 4.79 Å². The van der Waals surface area contributed by atoms with Crippen LogP contribution < -0.4 is 0 Å². The second-order valence-electron chi connectivity index (χ2n) is 7.64. The third kappa shape index (κ3) is 3.50. The summed E-state index contributed by atoms with van der Waals surface area (Å²) in [5.74, 6) is -0.920. The third-order valence-corrected chi connectivity index (χ3v) is 5.24. The molecule has 0 spiro atoms. The van der Waals surface area contributed by atoms with Crippen LogP contribution in [-0.2, 0) is 9.53 Å². The van der Waals surface area contributed by atoms with Crippen LogP contribution in [0.15, 0.2) is 47.6 Å².